The molecule has 1 nitrogen and oxygen atoms in total. The third kappa shape index (κ3) is 1.25. The molecule has 0 spiro atoms. The second-order valence-electron chi connectivity index (χ2n) is 2.18. The van der Waals surface area contributed by atoms with Crippen molar-refractivity contribution in [2.24, 2.45) is 0 Å². The zero-order valence-electron chi connectivity index (χ0n) is 5.43. The lowest BCUT2D eigenvalue weighted by Crippen LogP contribution is -2.31. The van der Waals surface area contributed by atoms with Crippen LogP contribution < -0.4 is 0 Å². The fourth-order valence-corrected chi connectivity index (χ4v) is 0.744. The smallest absolute Gasteiger partial charge is 0.0189 e. The summed E-state index contributed by atoms with van der Waals surface area (Å²) in [7, 11) is 0. The maximum absolute atomic E-state index is 2.34. The third-order valence-electron chi connectivity index (χ3n) is 1.44. The van der Waals surface area contributed by atoms with Crippen LogP contribution in [-0.4, -0.2) is 18.0 Å². The van der Waals surface area contributed by atoms with E-state index in [-0.39, 0.29) is 0 Å². The van der Waals surface area contributed by atoms with Gasteiger partial charge >= 0.3 is 0 Å². The molecule has 0 saturated carbocycles. The lowest BCUT2D eigenvalue weighted by atomic mass is 10.2. The molecule has 0 bridgehead atoms. The first kappa shape index (κ1) is 5.67. The molecular formula is C7H13N. The number of likely N-dealkylation sites (tertiary alicyclic amines) is 1. The van der Waals surface area contributed by atoms with E-state index in [1.165, 1.54) is 19.5 Å². The van der Waals surface area contributed by atoms with E-state index in [4.69, 9.17) is 0 Å². The Hall–Kier alpha value is -0.460. The Labute approximate surface area is 51.0 Å². The summed E-state index contributed by atoms with van der Waals surface area (Å²) in [6, 6.07) is 0. The topological polar surface area (TPSA) is 3.24 Å². The number of rotatable bonds is 2. The van der Waals surface area contributed by atoms with Crippen molar-refractivity contribution >= 4 is 0 Å². The van der Waals surface area contributed by atoms with Gasteiger partial charge in [-0.2, -0.15) is 0 Å². The molecule has 1 aliphatic heterocycles. The first-order chi connectivity index (χ1) is 3.93. The zero-order chi connectivity index (χ0) is 5.82. The van der Waals surface area contributed by atoms with Crippen molar-refractivity contribution in [3.63, 3.8) is 0 Å². The predicted octanol–water partition coefficient (Wildman–Crippen LogP) is 1.62. The summed E-state index contributed by atoms with van der Waals surface area (Å²) in [5.41, 5.74) is 0. The van der Waals surface area contributed by atoms with Gasteiger partial charge in [-0.15, -0.1) is 0 Å². The van der Waals surface area contributed by atoms with E-state index in [0.717, 1.165) is 6.42 Å². The fraction of sp³-hybridized carbons (Fsp3) is 0.714. The summed E-state index contributed by atoms with van der Waals surface area (Å²) in [4.78, 5) is 2.34. The number of hydrogen-bond donors (Lipinski definition) is 0. The van der Waals surface area contributed by atoms with Gasteiger partial charge in [0.15, 0.2) is 0 Å². The van der Waals surface area contributed by atoms with Crippen LogP contribution in [-0.2, 0) is 0 Å². The minimum Gasteiger partial charge on any atom is -0.378 e. The number of hydrogen-bond acceptors (Lipinski definition) is 1. The van der Waals surface area contributed by atoms with Gasteiger partial charge in [-0.05, 0) is 19.0 Å². The maximum Gasteiger partial charge on any atom is 0.0189 e. The molecule has 0 amide bonds. The molecule has 1 fully saturated rings. The molecule has 0 atom stereocenters. The molecular weight excluding hydrogens is 98.1 g/mol. The normalized spacial score (nSPS) is 19.4. The van der Waals surface area contributed by atoms with Gasteiger partial charge < -0.3 is 4.90 Å². The van der Waals surface area contributed by atoms with Gasteiger partial charge in [0.1, 0.15) is 0 Å². The second kappa shape index (κ2) is 2.75. The van der Waals surface area contributed by atoms with Crippen LogP contribution in [0.1, 0.15) is 19.8 Å². The van der Waals surface area contributed by atoms with Crippen LogP contribution in [0.4, 0.5) is 0 Å². The van der Waals surface area contributed by atoms with Crippen molar-refractivity contribution in [2.45, 2.75) is 19.8 Å². The van der Waals surface area contributed by atoms with Crippen LogP contribution in [0.15, 0.2) is 12.3 Å². The number of allylic oxidation sites excluding steroid dienone is 1. The van der Waals surface area contributed by atoms with E-state index >= 15 is 0 Å². The van der Waals surface area contributed by atoms with Crippen LogP contribution in [0.3, 0.4) is 0 Å². The quantitative estimate of drug-likeness (QED) is 0.523. The highest BCUT2D eigenvalue weighted by Crippen LogP contribution is 2.05. The SMILES string of the molecule is CC/C=C/N1CCC1. The Morgan fingerprint density at radius 2 is 2.25 bits per heavy atom. The molecule has 0 aromatic heterocycles. The Balaban J connectivity index is 2.08. The molecule has 1 saturated heterocycles. The monoisotopic (exact) mass is 111 g/mol. The van der Waals surface area contributed by atoms with Gasteiger partial charge in [-0.3, -0.25) is 0 Å². The van der Waals surface area contributed by atoms with Crippen LogP contribution >= 0.6 is 0 Å². The summed E-state index contributed by atoms with van der Waals surface area (Å²) in [6.45, 7) is 4.71. The summed E-state index contributed by atoms with van der Waals surface area (Å²) in [5, 5.41) is 0. The molecule has 0 radical (unpaired) electrons. The first-order valence-corrected chi connectivity index (χ1v) is 3.34. The van der Waals surface area contributed by atoms with Gasteiger partial charge in [0, 0.05) is 13.1 Å². The van der Waals surface area contributed by atoms with E-state index in [1.807, 2.05) is 0 Å². The Bertz CT molecular complexity index is 82.4. The molecule has 46 valence electrons. The second-order valence-corrected chi connectivity index (χ2v) is 2.18. The van der Waals surface area contributed by atoms with Gasteiger partial charge in [-0.1, -0.05) is 13.0 Å². The molecule has 1 rings (SSSR count). The maximum atomic E-state index is 2.34. The Morgan fingerprint density at radius 3 is 2.62 bits per heavy atom. The van der Waals surface area contributed by atoms with Gasteiger partial charge in [0.05, 0.1) is 0 Å². The van der Waals surface area contributed by atoms with Crippen LogP contribution in [0.2, 0.25) is 0 Å². The van der Waals surface area contributed by atoms with E-state index in [2.05, 4.69) is 24.1 Å². The standard InChI is InChI=1S/C7H13N/c1-2-3-5-8-6-4-7-8/h3,5H,2,4,6-7H2,1H3/b5-3+. The molecule has 8 heavy (non-hydrogen) atoms. The van der Waals surface area contributed by atoms with Crippen molar-refractivity contribution < 1.29 is 0 Å². The Morgan fingerprint density at radius 1 is 1.50 bits per heavy atom. The van der Waals surface area contributed by atoms with Crippen molar-refractivity contribution in [2.75, 3.05) is 13.1 Å². The first-order valence-electron chi connectivity index (χ1n) is 3.34. The minimum atomic E-state index is 1.16. The zero-order valence-corrected chi connectivity index (χ0v) is 5.43. The summed E-state index contributed by atoms with van der Waals surface area (Å²) < 4.78 is 0. The van der Waals surface area contributed by atoms with Gasteiger partial charge in [0.2, 0.25) is 0 Å². The molecule has 0 aromatic carbocycles. The van der Waals surface area contributed by atoms with Gasteiger partial charge in [-0.25, -0.2) is 0 Å². The largest absolute Gasteiger partial charge is 0.378 e. The molecule has 1 heteroatoms. The van der Waals surface area contributed by atoms with E-state index in [0.29, 0.717) is 0 Å². The molecule has 1 aliphatic rings. The van der Waals surface area contributed by atoms with E-state index in [9.17, 15) is 0 Å². The fourth-order valence-electron chi connectivity index (χ4n) is 0.744. The molecule has 0 unspecified atom stereocenters. The lowest BCUT2D eigenvalue weighted by Gasteiger charge is -2.29. The summed E-state index contributed by atoms with van der Waals surface area (Å²) in [6.07, 6.45) is 6.95. The van der Waals surface area contributed by atoms with Crippen LogP contribution in [0, 0.1) is 0 Å². The van der Waals surface area contributed by atoms with Gasteiger partial charge in [0.25, 0.3) is 0 Å². The minimum absolute atomic E-state index is 1.16. The average Bonchev–Trinajstić information content (AvgIpc) is 1.63. The van der Waals surface area contributed by atoms with E-state index < -0.39 is 0 Å². The van der Waals surface area contributed by atoms with Crippen LogP contribution in [0.5, 0.6) is 0 Å². The lowest BCUT2D eigenvalue weighted by molar-refractivity contribution is 0.263. The number of nitrogens with zero attached hydrogens (tertiary/aromatic N) is 1. The average molecular weight is 111 g/mol. The highest BCUT2D eigenvalue weighted by atomic mass is 15.1. The third-order valence-corrected chi connectivity index (χ3v) is 1.44. The van der Waals surface area contributed by atoms with Crippen molar-refractivity contribution in [3.05, 3.63) is 12.3 Å². The van der Waals surface area contributed by atoms with E-state index in [1.54, 1.807) is 0 Å². The molecule has 0 N–H and O–H groups in total. The van der Waals surface area contributed by atoms with Crippen LogP contribution in [0.25, 0.3) is 0 Å². The van der Waals surface area contributed by atoms with Crippen molar-refractivity contribution in [3.8, 4) is 0 Å². The predicted molar refractivity (Wildman–Crippen MR) is 35.6 cm³/mol. The highest BCUT2D eigenvalue weighted by Gasteiger charge is 2.06. The van der Waals surface area contributed by atoms with Crippen molar-refractivity contribution in [1.29, 1.82) is 0 Å². The highest BCUT2D eigenvalue weighted by molar-refractivity contribution is 4.85. The summed E-state index contributed by atoms with van der Waals surface area (Å²) in [5.74, 6) is 0. The Kier molecular flexibility index (Phi) is 1.95. The molecule has 0 aromatic rings. The summed E-state index contributed by atoms with van der Waals surface area (Å²) >= 11 is 0. The molecule has 0 aliphatic carbocycles. The van der Waals surface area contributed by atoms with Crippen molar-refractivity contribution in [1.82, 2.24) is 4.90 Å². The molecule has 1 heterocycles.